The highest BCUT2D eigenvalue weighted by molar-refractivity contribution is 5.98. The first kappa shape index (κ1) is 42.7. The van der Waals surface area contributed by atoms with Gasteiger partial charge in [-0.2, -0.15) is 0 Å². The van der Waals surface area contributed by atoms with Crippen molar-refractivity contribution >= 4 is 44.1 Å². The standard InChI is InChI=1S/C67H46N8/c1-67(2)53-41-61-57(70-65(74(61)49-29-11-5-12-30-49)45-23-19-21-43(37-45)63-68-55-33-15-17-35-59(55)72(63)47-25-7-3-8-26-47)39-51(53)52-40-58-62(42-54(52)67)75(50-31-13-6-14-32-50)66(71-58)46-24-20-22-44(38-46)64-69-56-34-16-18-36-60(56)73(64)48-27-9-4-10-28-48/h3-42H,1-2H3. The fraction of sp³-hybridized carbons (Fsp3) is 0.0448. The van der Waals surface area contributed by atoms with Gasteiger partial charge in [0.15, 0.2) is 0 Å². The summed E-state index contributed by atoms with van der Waals surface area (Å²) in [5, 5.41) is 0. The highest BCUT2D eigenvalue weighted by Gasteiger charge is 2.38. The van der Waals surface area contributed by atoms with Crippen LogP contribution in [0.3, 0.4) is 0 Å². The van der Waals surface area contributed by atoms with Crippen molar-refractivity contribution in [3.63, 3.8) is 0 Å². The number of hydrogen-bond donors (Lipinski definition) is 0. The Morgan fingerprint density at radius 2 is 0.560 bits per heavy atom. The van der Waals surface area contributed by atoms with Crippen molar-refractivity contribution in [2.45, 2.75) is 19.3 Å². The maximum absolute atomic E-state index is 5.56. The molecule has 0 saturated heterocycles. The summed E-state index contributed by atoms with van der Waals surface area (Å²) in [5.74, 6) is 3.49. The van der Waals surface area contributed by atoms with Gasteiger partial charge in [-0.05, 0) is 131 Å². The summed E-state index contributed by atoms with van der Waals surface area (Å²) < 4.78 is 9.15. The number of hydrogen-bond acceptors (Lipinski definition) is 4. The highest BCUT2D eigenvalue weighted by atomic mass is 15.1. The first-order valence-electron chi connectivity index (χ1n) is 25.5. The Morgan fingerprint density at radius 3 is 0.907 bits per heavy atom. The lowest BCUT2D eigenvalue weighted by Gasteiger charge is -2.22. The fourth-order valence-electron chi connectivity index (χ4n) is 11.6. The molecule has 75 heavy (non-hydrogen) atoms. The molecule has 4 aromatic heterocycles. The van der Waals surface area contributed by atoms with Gasteiger partial charge in [-0.15, -0.1) is 0 Å². The molecule has 10 aromatic carbocycles. The molecule has 354 valence electrons. The van der Waals surface area contributed by atoms with Crippen LogP contribution in [0.25, 0.3) is 124 Å². The van der Waals surface area contributed by atoms with Crippen LogP contribution < -0.4 is 0 Å². The topological polar surface area (TPSA) is 71.3 Å². The molecular weight excluding hydrogens is 917 g/mol. The van der Waals surface area contributed by atoms with Crippen molar-refractivity contribution in [3.8, 4) is 79.4 Å². The van der Waals surface area contributed by atoms with E-state index in [0.717, 1.165) is 112 Å². The molecule has 8 heteroatoms. The smallest absolute Gasteiger partial charge is 0.145 e. The van der Waals surface area contributed by atoms with Crippen LogP contribution in [-0.2, 0) is 5.41 Å². The van der Waals surface area contributed by atoms with Gasteiger partial charge in [0.05, 0.1) is 44.1 Å². The molecule has 0 bridgehead atoms. The molecule has 8 nitrogen and oxygen atoms in total. The van der Waals surface area contributed by atoms with Crippen LogP contribution in [0, 0.1) is 0 Å². The molecule has 1 aliphatic carbocycles. The molecule has 0 atom stereocenters. The van der Waals surface area contributed by atoms with E-state index in [4.69, 9.17) is 19.9 Å². The number of aromatic nitrogens is 8. The zero-order valence-corrected chi connectivity index (χ0v) is 41.2. The van der Waals surface area contributed by atoms with Crippen LogP contribution in [0.5, 0.6) is 0 Å². The average Bonchev–Trinajstić information content (AvgIpc) is 4.36. The monoisotopic (exact) mass is 962 g/mol. The molecule has 14 aromatic rings. The van der Waals surface area contributed by atoms with Crippen molar-refractivity contribution in [2.24, 2.45) is 0 Å². The van der Waals surface area contributed by atoms with E-state index in [1.165, 1.54) is 22.3 Å². The SMILES string of the molecule is CC1(C)c2cc3c(cc2-c2cc4nc(-c5cccc(-c6nc7ccccc7n6-c6ccccc6)c5)n(-c5ccccc5)c4cc21)nc(-c1cccc(-c2nc4ccccc4n2-c2ccccc2)c1)n3-c1ccccc1. The third-order valence-electron chi connectivity index (χ3n) is 15.2. The third-order valence-corrected chi connectivity index (χ3v) is 15.2. The normalized spacial score (nSPS) is 12.8. The number of imidazole rings is 4. The van der Waals surface area contributed by atoms with E-state index < -0.39 is 0 Å². The van der Waals surface area contributed by atoms with Gasteiger partial charge < -0.3 is 0 Å². The van der Waals surface area contributed by atoms with E-state index in [1.54, 1.807) is 0 Å². The lowest BCUT2D eigenvalue weighted by Crippen LogP contribution is -2.15. The van der Waals surface area contributed by atoms with Gasteiger partial charge in [0.2, 0.25) is 0 Å². The van der Waals surface area contributed by atoms with Gasteiger partial charge in [-0.3, -0.25) is 18.3 Å². The molecule has 4 heterocycles. The van der Waals surface area contributed by atoms with Crippen molar-refractivity contribution in [2.75, 3.05) is 0 Å². The van der Waals surface area contributed by atoms with Crippen LogP contribution >= 0.6 is 0 Å². The quantitative estimate of drug-likeness (QED) is 0.152. The maximum atomic E-state index is 5.56. The Labute approximate surface area is 432 Å². The molecule has 0 spiro atoms. The largest absolute Gasteiger partial charge is 0.292 e. The van der Waals surface area contributed by atoms with Crippen LogP contribution in [0.2, 0.25) is 0 Å². The molecule has 0 aliphatic heterocycles. The predicted molar refractivity (Wildman–Crippen MR) is 304 cm³/mol. The Morgan fingerprint density at radius 1 is 0.267 bits per heavy atom. The summed E-state index contributed by atoms with van der Waals surface area (Å²) in [6, 6.07) is 85.6. The Balaban J connectivity index is 0.892. The molecular formula is C67H46N8. The number of rotatable bonds is 8. The van der Waals surface area contributed by atoms with E-state index >= 15 is 0 Å². The lowest BCUT2D eigenvalue weighted by molar-refractivity contribution is 0.661. The van der Waals surface area contributed by atoms with Gasteiger partial charge in [-0.25, -0.2) is 19.9 Å². The molecule has 0 saturated carbocycles. The lowest BCUT2D eigenvalue weighted by atomic mass is 9.82. The Hall–Kier alpha value is -9.92. The second-order valence-corrected chi connectivity index (χ2v) is 20.0. The summed E-state index contributed by atoms with van der Waals surface area (Å²) in [4.78, 5) is 21.6. The minimum absolute atomic E-state index is 0.349. The Kier molecular flexibility index (Phi) is 9.44. The number of fused-ring (bicyclic) bond motifs is 7. The second kappa shape index (κ2) is 16.6. The summed E-state index contributed by atoms with van der Waals surface area (Å²) >= 11 is 0. The summed E-state index contributed by atoms with van der Waals surface area (Å²) in [5.41, 5.74) is 20.7. The fourth-order valence-corrected chi connectivity index (χ4v) is 11.6. The molecule has 0 radical (unpaired) electrons. The van der Waals surface area contributed by atoms with Crippen molar-refractivity contribution in [3.05, 3.63) is 254 Å². The summed E-state index contributed by atoms with van der Waals surface area (Å²) in [6.07, 6.45) is 0. The second-order valence-electron chi connectivity index (χ2n) is 20.0. The van der Waals surface area contributed by atoms with Crippen molar-refractivity contribution in [1.29, 1.82) is 0 Å². The average molecular weight is 963 g/mol. The third kappa shape index (κ3) is 6.69. The van der Waals surface area contributed by atoms with Crippen molar-refractivity contribution < 1.29 is 0 Å². The summed E-state index contributed by atoms with van der Waals surface area (Å²) in [7, 11) is 0. The van der Waals surface area contributed by atoms with E-state index in [-0.39, 0.29) is 5.41 Å². The molecule has 0 unspecified atom stereocenters. The van der Waals surface area contributed by atoms with E-state index in [0.29, 0.717) is 0 Å². The van der Waals surface area contributed by atoms with E-state index in [1.807, 2.05) is 12.1 Å². The predicted octanol–water partition coefficient (Wildman–Crippen LogP) is 16.0. The van der Waals surface area contributed by atoms with E-state index in [9.17, 15) is 0 Å². The van der Waals surface area contributed by atoms with Crippen LogP contribution in [-0.4, -0.2) is 38.2 Å². The first-order valence-corrected chi connectivity index (χ1v) is 25.5. The number of benzene rings is 10. The molecule has 0 amide bonds. The van der Waals surface area contributed by atoms with Crippen LogP contribution in [0.4, 0.5) is 0 Å². The van der Waals surface area contributed by atoms with E-state index in [2.05, 4.69) is 263 Å². The Bertz CT molecular complexity index is 4250. The van der Waals surface area contributed by atoms with Crippen LogP contribution in [0.15, 0.2) is 243 Å². The molecule has 0 N–H and O–H groups in total. The maximum Gasteiger partial charge on any atom is 0.145 e. The minimum atomic E-state index is -0.349. The van der Waals surface area contributed by atoms with Gasteiger partial charge >= 0.3 is 0 Å². The number of para-hydroxylation sites is 8. The van der Waals surface area contributed by atoms with Gasteiger partial charge in [0, 0.05) is 50.4 Å². The minimum Gasteiger partial charge on any atom is -0.292 e. The molecule has 15 rings (SSSR count). The first-order chi connectivity index (χ1) is 36.9. The van der Waals surface area contributed by atoms with Gasteiger partial charge in [0.25, 0.3) is 0 Å². The zero-order valence-electron chi connectivity index (χ0n) is 41.2. The molecule has 0 fully saturated rings. The van der Waals surface area contributed by atoms with Gasteiger partial charge in [-0.1, -0.05) is 147 Å². The van der Waals surface area contributed by atoms with Crippen molar-refractivity contribution in [1.82, 2.24) is 38.2 Å². The van der Waals surface area contributed by atoms with Gasteiger partial charge in [0.1, 0.15) is 23.3 Å². The molecule has 1 aliphatic rings. The summed E-state index contributed by atoms with van der Waals surface area (Å²) in [6.45, 7) is 4.71. The van der Waals surface area contributed by atoms with Crippen LogP contribution in [0.1, 0.15) is 25.0 Å². The highest BCUT2D eigenvalue weighted by Crippen LogP contribution is 2.52. The zero-order chi connectivity index (χ0) is 49.8. The number of nitrogens with zero attached hydrogens (tertiary/aromatic N) is 8.